The maximum Gasteiger partial charge on any atom is 0.416 e. The van der Waals surface area contributed by atoms with E-state index in [1.165, 1.54) is 20.1 Å². The molecule has 0 spiro atoms. The minimum absolute atomic E-state index is 0.0807. The van der Waals surface area contributed by atoms with Crippen LogP contribution in [0.4, 0.5) is 18.9 Å². The maximum atomic E-state index is 12.8. The summed E-state index contributed by atoms with van der Waals surface area (Å²) in [5, 5.41) is 2.15. The minimum Gasteiger partial charge on any atom is -0.497 e. The second kappa shape index (κ2) is 9.47. The van der Waals surface area contributed by atoms with Crippen LogP contribution < -0.4 is 10.1 Å². The summed E-state index contributed by atoms with van der Waals surface area (Å²) in [7, 11) is 1.51. The van der Waals surface area contributed by atoms with Gasteiger partial charge < -0.3 is 14.8 Å². The standard InChI is InChI=1S/C20H17ClF3NO4/c1-12(29-18(26)9-6-13-4-3-5-15(10-13)28-2)19(27)25-17-11-14(20(22,23)24)7-8-16(17)21/h3-12H,1-2H3,(H,25,27)/b9-6+/t12-/m1/s1. The third kappa shape index (κ3) is 6.53. The fraction of sp³-hybridized carbons (Fsp3) is 0.200. The number of halogens is 4. The molecule has 0 unspecified atom stereocenters. The van der Waals surface area contributed by atoms with Gasteiger partial charge in [-0.15, -0.1) is 0 Å². The van der Waals surface area contributed by atoms with Crippen molar-refractivity contribution in [2.75, 3.05) is 12.4 Å². The SMILES string of the molecule is COc1cccc(/C=C/C(=O)O[C@H](C)C(=O)Nc2cc(C(F)(F)F)ccc2Cl)c1. The molecular weight excluding hydrogens is 411 g/mol. The molecule has 1 N–H and O–H groups in total. The number of hydrogen-bond acceptors (Lipinski definition) is 4. The molecule has 0 aromatic heterocycles. The van der Waals surface area contributed by atoms with E-state index in [4.69, 9.17) is 21.1 Å². The summed E-state index contributed by atoms with van der Waals surface area (Å²) in [6.45, 7) is 1.29. The van der Waals surface area contributed by atoms with E-state index in [2.05, 4.69) is 5.32 Å². The van der Waals surface area contributed by atoms with Crippen LogP contribution in [-0.2, 0) is 20.5 Å². The van der Waals surface area contributed by atoms with Crippen LogP contribution in [0, 0.1) is 0 Å². The molecule has 0 saturated carbocycles. The molecule has 2 aromatic rings. The quantitative estimate of drug-likeness (QED) is 0.523. The first-order valence-corrected chi connectivity index (χ1v) is 8.68. The zero-order valence-corrected chi connectivity index (χ0v) is 16.2. The molecule has 0 bridgehead atoms. The summed E-state index contributed by atoms with van der Waals surface area (Å²) in [4.78, 5) is 24.0. The Balaban J connectivity index is 2.00. The van der Waals surface area contributed by atoms with Crippen LogP contribution in [0.15, 0.2) is 48.5 Å². The number of ether oxygens (including phenoxy) is 2. The van der Waals surface area contributed by atoms with Crippen LogP contribution in [0.2, 0.25) is 5.02 Å². The van der Waals surface area contributed by atoms with E-state index in [1.807, 2.05) is 0 Å². The highest BCUT2D eigenvalue weighted by atomic mass is 35.5. The fourth-order valence-electron chi connectivity index (χ4n) is 2.21. The van der Waals surface area contributed by atoms with E-state index in [9.17, 15) is 22.8 Å². The molecule has 29 heavy (non-hydrogen) atoms. The number of esters is 1. The molecule has 0 aliphatic rings. The number of benzene rings is 2. The average Bonchev–Trinajstić information content (AvgIpc) is 2.67. The van der Waals surface area contributed by atoms with Crippen molar-refractivity contribution in [1.29, 1.82) is 0 Å². The molecule has 9 heteroatoms. The summed E-state index contributed by atoms with van der Waals surface area (Å²) in [6, 6.07) is 9.42. The van der Waals surface area contributed by atoms with E-state index in [-0.39, 0.29) is 10.7 Å². The molecule has 0 radical (unpaired) electrons. The van der Waals surface area contributed by atoms with Crippen molar-refractivity contribution in [2.24, 2.45) is 0 Å². The lowest BCUT2D eigenvalue weighted by atomic mass is 10.2. The Bertz CT molecular complexity index is 928. The number of methoxy groups -OCH3 is 1. The summed E-state index contributed by atoms with van der Waals surface area (Å²) in [6.07, 6.45) is -3.26. The van der Waals surface area contributed by atoms with Crippen LogP contribution in [0.25, 0.3) is 6.08 Å². The zero-order chi connectivity index (χ0) is 21.6. The topological polar surface area (TPSA) is 64.6 Å². The first-order chi connectivity index (χ1) is 13.6. The number of hydrogen-bond donors (Lipinski definition) is 1. The van der Waals surface area contributed by atoms with Gasteiger partial charge in [-0.05, 0) is 48.9 Å². The largest absolute Gasteiger partial charge is 0.497 e. The van der Waals surface area contributed by atoms with Gasteiger partial charge in [0.05, 0.1) is 23.4 Å². The van der Waals surface area contributed by atoms with Gasteiger partial charge >= 0.3 is 12.1 Å². The Hall–Kier alpha value is -3.00. The van der Waals surface area contributed by atoms with Crippen molar-refractivity contribution in [1.82, 2.24) is 0 Å². The summed E-state index contributed by atoms with van der Waals surface area (Å²) < 4.78 is 48.4. The highest BCUT2D eigenvalue weighted by Gasteiger charge is 2.31. The number of carbonyl (C=O) groups is 2. The molecule has 0 heterocycles. The molecule has 2 aromatic carbocycles. The first-order valence-electron chi connectivity index (χ1n) is 8.30. The van der Waals surface area contributed by atoms with Gasteiger partial charge in [0.25, 0.3) is 5.91 Å². The van der Waals surface area contributed by atoms with Crippen LogP contribution >= 0.6 is 11.6 Å². The normalized spacial score (nSPS) is 12.5. The second-order valence-electron chi connectivity index (χ2n) is 5.87. The average molecular weight is 428 g/mol. The van der Waals surface area contributed by atoms with Gasteiger partial charge in [0, 0.05) is 6.08 Å². The second-order valence-corrected chi connectivity index (χ2v) is 6.28. The van der Waals surface area contributed by atoms with Crippen LogP contribution in [-0.4, -0.2) is 25.1 Å². The van der Waals surface area contributed by atoms with Gasteiger partial charge in [-0.25, -0.2) is 4.79 Å². The Kier molecular flexibility index (Phi) is 7.28. The van der Waals surface area contributed by atoms with Crippen molar-refractivity contribution >= 4 is 35.2 Å². The predicted octanol–water partition coefficient (Wildman–Crippen LogP) is 4.95. The summed E-state index contributed by atoms with van der Waals surface area (Å²) in [5.74, 6) is -1.02. The molecule has 1 atom stereocenters. The summed E-state index contributed by atoms with van der Waals surface area (Å²) >= 11 is 5.83. The fourth-order valence-corrected chi connectivity index (χ4v) is 2.37. The van der Waals surface area contributed by atoms with Gasteiger partial charge in [0.15, 0.2) is 6.10 Å². The zero-order valence-electron chi connectivity index (χ0n) is 15.4. The predicted molar refractivity (Wildman–Crippen MR) is 103 cm³/mol. The van der Waals surface area contributed by atoms with Crippen molar-refractivity contribution in [3.05, 3.63) is 64.7 Å². The minimum atomic E-state index is -4.59. The number of anilines is 1. The lowest BCUT2D eigenvalue weighted by Gasteiger charge is -2.15. The van der Waals surface area contributed by atoms with E-state index >= 15 is 0 Å². The molecule has 2 rings (SSSR count). The molecular formula is C20H17ClF3NO4. The molecule has 5 nitrogen and oxygen atoms in total. The molecule has 0 fully saturated rings. The van der Waals surface area contributed by atoms with E-state index < -0.39 is 29.7 Å². The van der Waals surface area contributed by atoms with Gasteiger partial charge in [0.2, 0.25) is 0 Å². The molecule has 0 saturated heterocycles. The lowest BCUT2D eigenvalue weighted by molar-refractivity contribution is -0.148. The molecule has 0 aliphatic heterocycles. The number of alkyl halides is 3. The molecule has 1 amide bonds. The van der Waals surface area contributed by atoms with Crippen LogP contribution in [0.5, 0.6) is 5.75 Å². The number of carbonyl (C=O) groups excluding carboxylic acids is 2. The van der Waals surface area contributed by atoms with Crippen LogP contribution in [0.1, 0.15) is 18.1 Å². The highest BCUT2D eigenvalue weighted by Crippen LogP contribution is 2.33. The summed E-state index contributed by atoms with van der Waals surface area (Å²) in [5.41, 5.74) is -0.529. The van der Waals surface area contributed by atoms with Gasteiger partial charge in [-0.2, -0.15) is 13.2 Å². The van der Waals surface area contributed by atoms with Crippen molar-refractivity contribution < 1.29 is 32.2 Å². The first kappa shape index (κ1) is 22.3. The third-order valence-corrected chi connectivity index (χ3v) is 4.05. The van der Waals surface area contributed by atoms with Gasteiger partial charge in [-0.3, -0.25) is 4.79 Å². The lowest BCUT2D eigenvalue weighted by Crippen LogP contribution is -2.29. The Morgan fingerprint density at radius 1 is 1.17 bits per heavy atom. The maximum absolute atomic E-state index is 12.8. The van der Waals surface area contributed by atoms with Crippen molar-refractivity contribution in [3.63, 3.8) is 0 Å². The van der Waals surface area contributed by atoms with E-state index in [0.29, 0.717) is 17.4 Å². The van der Waals surface area contributed by atoms with E-state index in [1.54, 1.807) is 24.3 Å². The third-order valence-electron chi connectivity index (χ3n) is 3.72. The molecule has 154 valence electrons. The number of amides is 1. The van der Waals surface area contributed by atoms with Crippen LogP contribution in [0.3, 0.4) is 0 Å². The Morgan fingerprint density at radius 3 is 2.55 bits per heavy atom. The van der Waals surface area contributed by atoms with Gasteiger partial charge in [-0.1, -0.05) is 23.7 Å². The number of rotatable bonds is 6. The molecule has 0 aliphatic carbocycles. The van der Waals surface area contributed by atoms with Gasteiger partial charge in [0.1, 0.15) is 5.75 Å². The van der Waals surface area contributed by atoms with E-state index in [0.717, 1.165) is 18.2 Å². The number of nitrogens with one attached hydrogen (secondary N) is 1. The smallest absolute Gasteiger partial charge is 0.416 e. The van der Waals surface area contributed by atoms with Crippen molar-refractivity contribution in [2.45, 2.75) is 19.2 Å². The highest BCUT2D eigenvalue weighted by molar-refractivity contribution is 6.33. The Labute approximate surface area is 170 Å². The monoisotopic (exact) mass is 427 g/mol. The Morgan fingerprint density at radius 2 is 1.90 bits per heavy atom. The van der Waals surface area contributed by atoms with Crippen molar-refractivity contribution in [3.8, 4) is 5.75 Å².